The van der Waals surface area contributed by atoms with Gasteiger partial charge in [0.25, 0.3) is 0 Å². The number of aryl methyl sites for hydroxylation is 1. The van der Waals surface area contributed by atoms with Crippen LogP contribution in [0.4, 0.5) is 5.69 Å². The lowest BCUT2D eigenvalue weighted by Crippen LogP contribution is -2.22. The maximum absolute atomic E-state index is 5.90. The van der Waals surface area contributed by atoms with Gasteiger partial charge in [0, 0.05) is 11.9 Å². The molecule has 0 amide bonds. The van der Waals surface area contributed by atoms with E-state index < -0.39 is 0 Å². The number of nitrogens with zero attached hydrogens (tertiary/aromatic N) is 4. The van der Waals surface area contributed by atoms with Crippen LogP contribution in [-0.2, 0) is 6.54 Å². The molecule has 21 heavy (non-hydrogen) atoms. The highest BCUT2D eigenvalue weighted by Crippen LogP contribution is 2.09. The fourth-order valence-corrected chi connectivity index (χ4v) is 2.06. The Hall–Kier alpha value is -2.89. The first-order chi connectivity index (χ1) is 10.2. The molecule has 6 heteroatoms. The second-order valence-electron chi connectivity index (χ2n) is 4.74. The summed E-state index contributed by atoms with van der Waals surface area (Å²) in [5, 5.41) is 11.2. The monoisotopic (exact) mass is 280 g/mol. The molecule has 0 aliphatic carbocycles. The zero-order chi connectivity index (χ0) is 14.7. The van der Waals surface area contributed by atoms with E-state index in [-0.39, 0.29) is 0 Å². The second kappa shape index (κ2) is 5.62. The third-order valence-corrected chi connectivity index (χ3v) is 3.07. The van der Waals surface area contributed by atoms with Gasteiger partial charge < -0.3 is 11.1 Å². The lowest BCUT2D eigenvalue weighted by molar-refractivity contribution is 0.881. The highest BCUT2D eigenvalue weighted by Gasteiger charge is 2.03. The first-order valence-electron chi connectivity index (χ1n) is 6.64. The first-order valence-corrected chi connectivity index (χ1v) is 6.64. The van der Waals surface area contributed by atoms with Crippen LogP contribution in [-0.4, -0.2) is 20.6 Å². The van der Waals surface area contributed by atoms with Crippen molar-refractivity contribution < 1.29 is 0 Å². The molecule has 0 bridgehead atoms. The summed E-state index contributed by atoms with van der Waals surface area (Å²) < 4.78 is 1.89. The van der Waals surface area contributed by atoms with Crippen molar-refractivity contribution in [2.75, 3.05) is 5.32 Å². The maximum Gasteiger partial charge on any atom is 0.193 e. The lowest BCUT2D eigenvalue weighted by Gasteiger charge is -2.06. The molecule has 0 spiro atoms. The van der Waals surface area contributed by atoms with Crippen LogP contribution in [0, 0.1) is 6.92 Å². The number of nitrogens with one attached hydrogen (secondary N) is 1. The molecule has 3 rings (SSSR count). The number of guanidine groups is 1. The van der Waals surface area contributed by atoms with Crippen LogP contribution in [0.15, 0.2) is 53.7 Å². The van der Waals surface area contributed by atoms with Crippen LogP contribution < -0.4 is 11.1 Å². The first kappa shape index (κ1) is 13.1. The SMILES string of the molecule is Cc1cccc(NC(N)=NCc2nnc3ccccn23)c1. The molecule has 0 aliphatic heterocycles. The van der Waals surface area contributed by atoms with Crippen molar-refractivity contribution in [1.82, 2.24) is 14.6 Å². The van der Waals surface area contributed by atoms with Gasteiger partial charge in [0.1, 0.15) is 6.54 Å². The Morgan fingerprint density at radius 3 is 3.00 bits per heavy atom. The fourth-order valence-electron chi connectivity index (χ4n) is 2.06. The number of rotatable bonds is 3. The topological polar surface area (TPSA) is 80.6 Å². The smallest absolute Gasteiger partial charge is 0.193 e. The number of aliphatic imine (C=N–C) groups is 1. The van der Waals surface area contributed by atoms with Gasteiger partial charge in [0.05, 0.1) is 0 Å². The highest BCUT2D eigenvalue weighted by molar-refractivity contribution is 5.92. The summed E-state index contributed by atoms with van der Waals surface area (Å²) in [4.78, 5) is 4.30. The van der Waals surface area contributed by atoms with E-state index in [0.717, 1.165) is 22.7 Å². The molecule has 0 unspecified atom stereocenters. The van der Waals surface area contributed by atoms with Crippen molar-refractivity contribution >= 4 is 17.3 Å². The zero-order valence-electron chi connectivity index (χ0n) is 11.7. The number of anilines is 1. The molecule has 3 N–H and O–H groups in total. The molecule has 0 fully saturated rings. The molecule has 0 saturated carbocycles. The number of aromatic nitrogens is 3. The Morgan fingerprint density at radius 2 is 2.14 bits per heavy atom. The van der Waals surface area contributed by atoms with E-state index >= 15 is 0 Å². The van der Waals surface area contributed by atoms with E-state index in [9.17, 15) is 0 Å². The van der Waals surface area contributed by atoms with Gasteiger partial charge in [-0.3, -0.25) is 4.40 Å². The van der Waals surface area contributed by atoms with Gasteiger partial charge in [-0.1, -0.05) is 18.2 Å². The van der Waals surface area contributed by atoms with E-state index in [4.69, 9.17) is 5.73 Å². The summed E-state index contributed by atoms with van der Waals surface area (Å²) in [6.45, 7) is 2.40. The van der Waals surface area contributed by atoms with Crippen LogP contribution in [0.2, 0.25) is 0 Å². The second-order valence-corrected chi connectivity index (χ2v) is 4.74. The number of hydrogen-bond acceptors (Lipinski definition) is 3. The number of pyridine rings is 1. The summed E-state index contributed by atoms with van der Waals surface area (Å²) >= 11 is 0. The van der Waals surface area contributed by atoms with Crippen molar-refractivity contribution in [2.24, 2.45) is 10.7 Å². The predicted molar refractivity (Wildman–Crippen MR) is 83.1 cm³/mol. The summed E-state index contributed by atoms with van der Waals surface area (Å²) in [6.07, 6.45) is 1.91. The third-order valence-electron chi connectivity index (χ3n) is 3.07. The van der Waals surface area contributed by atoms with Crippen LogP contribution >= 0.6 is 0 Å². The number of fused-ring (bicyclic) bond motifs is 1. The Kier molecular flexibility index (Phi) is 3.51. The van der Waals surface area contributed by atoms with Gasteiger partial charge in [-0.25, -0.2) is 4.99 Å². The molecule has 0 atom stereocenters. The summed E-state index contributed by atoms with van der Waals surface area (Å²) in [5.74, 6) is 1.10. The van der Waals surface area contributed by atoms with Crippen molar-refractivity contribution in [3.05, 3.63) is 60.0 Å². The average molecular weight is 280 g/mol. The minimum Gasteiger partial charge on any atom is -0.370 e. The van der Waals surface area contributed by atoms with Crippen LogP contribution in [0.5, 0.6) is 0 Å². The number of nitrogens with two attached hydrogens (primary N) is 1. The third kappa shape index (κ3) is 3.00. The predicted octanol–water partition coefficient (Wildman–Crippen LogP) is 1.96. The molecule has 106 valence electrons. The molecule has 6 nitrogen and oxygen atoms in total. The van der Waals surface area contributed by atoms with Crippen molar-refractivity contribution in [3.63, 3.8) is 0 Å². The molecule has 2 heterocycles. The standard InChI is InChI=1S/C15H16N6/c1-11-5-4-6-12(9-11)18-15(16)17-10-14-20-19-13-7-2-3-8-21(13)14/h2-9H,10H2,1H3,(H3,16,17,18). The number of hydrogen-bond donors (Lipinski definition) is 2. The van der Waals surface area contributed by atoms with Gasteiger partial charge >= 0.3 is 0 Å². The molecule has 2 aromatic heterocycles. The Bertz CT molecular complexity index is 789. The van der Waals surface area contributed by atoms with Gasteiger partial charge in [-0.2, -0.15) is 0 Å². The molecule has 0 saturated heterocycles. The molecular weight excluding hydrogens is 264 g/mol. The fraction of sp³-hybridized carbons (Fsp3) is 0.133. The summed E-state index contributed by atoms with van der Waals surface area (Å²) in [6, 6.07) is 13.7. The minimum absolute atomic E-state index is 0.355. The number of benzene rings is 1. The maximum atomic E-state index is 5.90. The highest BCUT2D eigenvalue weighted by atomic mass is 15.3. The minimum atomic E-state index is 0.355. The average Bonchev–Trinajstić information content (AvgIpc) is 2.88. The summed E-state index contributed by atoms with van der Waals surface area (Å²) in [7, 11) is 0. The van der Waals surface area contributed by atoms with E-state index in [2.05, 4.69) is 20.5 Å². The largest absolute Gasteiger partial charge is 0.370 e. The molecule has 1 aromatic carbocycles. The van der Waals surface area contributed by atoms with Crippen LogP contribution in [0.25, 0.3) is 5.65 Å². The zero-order valence-corrected chi connectivity index (χ0v) is 11.7. The molecule has 0 aliphatic rings. The van der Waals surface area contributed by atoms with E-state index in [0.29, 0.717) is 12.5 Å². The molecule has 3 aromatic rings. The Morgan fingerprint density at radius 1 is 1.24 bits per heavy atom. The van der Waals surface area contributed by atoms with E-state index in [1.54, 1.807) is 0 Å². The van der Waals surface area contributed by atoms with E-state index in [1.807, 2.05) is 60.0 Å². The van der Waals surface area contributed by atoms with Gasteiger partial charge in [0.2, 0.25) is 0 Å². The van der Waals surface area contributed by atoms with Crippen molar-refractivity contribution in [3.8, 4) is 0 Å². The Labute approximate surface area is 122 Å². The lowest BCUT2D eigenvalue weighted by atomic mass is 10.2. The van der Waals surface area contributed by atoms with Crippen molar-refractivity contribution in [2.45, 2.75) is 13.5 Å². The van der Waals surface area contributed by atoms with Gasteiger partial charge in [-0.05, 0) is 36.8 Å². The van der Waals surface area contributed by atoms with Crippen molar-refractivity contribution in [1.29, 1.82) is 0 Å². The summed E-state index contributed by atoms with van der Waals surface area (Å²) in [5.41, 5.74) is 8.78. The normalized spacial score (nSPS) is 11.8. The van der Waals surface area contributed by atoms with Crippen LogP contribution in [0.3, 0.4) is 0 Å². The van der Waals surface area contributed by atoms with E-state index in [1.165, 1.54) is 0 Å². The van der Waals surface area contributed by atoms with Gasteiger partial charge in [-0.15, -0.1) is 10.2 Å². The quantitative estimate of drug-likeness (QED) is 0.567. The Balaban J connectivity index is 1.73. The molecule has 0 radical (unpaired) electrons. The van der Waals surface area contributed by atoms with Gasteiger partial charge in [0.15, 0.2) is 17.4 Å². The van der Waals surface area contributed by atoms with Crippen LogP contribution in [0.1, 0.15) is 11.4 Å². The molecular formula is C15H16N6.